The monoisotopic (exact) mass is 415 g/mol. The Labute approximate surface area is 171 Å². The summed E-state index contributed by atoms with van der Waals surface area (Å²) in [5, 5.41) is 15.2. The van der Waals surface area contributed by atoms with Crippen molar-refractivity contribution in [2.24, 2.45) is 0 Å². The van der Waals surface area contributed by atoms with Crippen molar-refractivity contribution in [2.75, 3.05) is 19.7 Å². The molecule has 3 aromatic rings. The van der Waals surface area contributed by atoms with Gasteiger partial charge in [0.05, 0.1) is 12.2 Å². The number of nitrogens with one attached hydrogen (secondary N) is 1. The number of furan rings is 1. The molecule has 1 fully saturated rings. The molecule has 1 saturated heterocycles. The number of aliphatic hydroxyl groups excluding tert-OH is 1. The van der Waals surface area contributed by atoms with Crippen LogP contribution in [-0.2, 0) is 11.4 Å². The topological polar surface area (TPSA) is 105 Å². The van der Waals surface area contributed by atoms with Crippen LogP contribution in [0.4, 0.5) is 0 Å². The van der Waals surface area contributed by atoms with E-state index < -0.39 is 6.04 Å². The van der Waals surface area contributed by atoms with Crippen molar-refractivity contribution < 1.29 is 23.8 Å². The first-order valence-electron chi connectivity index (χ1n) is 9.31. The molecule has 0 spiro atoms. The van der Waals surface area contributed by atoms with E-state index in [0.29, 0.717) is 47.6 Å². The molecule has 29 heavy (non-hydrogen) atoms. The maximum atomic E-state index is 12.9. The number of aryl methyl sites for hydroxylation is 1. The van der Waals surface area contributed by atoms with Crippen LogP contribution in [0.5, 0.6) is 5.75 Å². The summed E-state index contributed by atoms with van der Waals surface area (Å²) >= 11 is 1.51. The number of benzene rings is 1. The number of carbonyl (C=O) groups excluding carboxylic acids is 2. The summed E-state index contributed by atoms with van der Waals surface area (Å²) in [5.41, 5.74) is 0.974. The molecule has 2 aromatic heterocycles. The lowest BCUT2D eigenvalue weighted by molar-refractivity contribution is -0.129. The number of hydrogen-bond donors (Lipinski definition) is 2. The second kappa shape index (κ2) is 8.22. The third-order valence-corrected chi connectivity index (χ3v) is 5.63. The molecule has 4 rings (SSSR count). The fraction of sp³-hybridized carbons (Fsp3) is 0.350. The highest BCUT2D eigenvalue weighted by molar-refractivity contribution is 7.09. The van der Waals surface area contributed by atoms with E-state index in [1.165, 1.54) is 11.3 Å². The lowest BCUT2D eigenvalue weighted by atomic mass is 10.1. The van der Waals surface area contributed by atoms with Crippen LogP contribution in [0, 0.1) is 6.92 Å². The van der Waals surface area contributed by atoms with Crippen LogP contribution >= 0.6 is 11.3 Å². The summed E-state index contributed by atoms with van der Waals surface area (Å²) in [6, 6.07) is 4.72. The minimum Gasteiger partial charge on any atom is -0.486 e. The number of ether oxygens (including phenoxy) is 1. The molecule has 0 radical (unpaired) electrons. The number of thiazole rings is 1. The van der Waals surface area contributed by atoms with Crippen molar-refractivity contribution in [1.82, 2.24) is 15.2 Å². The van der Waals surface area contributed by atoms with Gasteiger partial charge in [-0.15, -0.1) is 11.3 Å². The molecule has 0 bridgehead atoms. The van der Waals surface area contributed by atoms with Crippen LogP contribution in [0.1, 0.15) is 27.5 Å². The molecular weight excluding hydrogens is 394 g/mol. The van der Waals surface area contributed by atoms with Crippen LogP contribution in [0.3, 0.4) is 0 Å². The number of carbonyl (C=O) groups is 2. The Bertz CT molecular complexity index is 1030. The lowest BCUT2D eigenvalue weighted by Crippen LogP contribution is -2.42. The van der Waals surface area contributed by atoms with Gasteiger partial charge in [-0.2, -0.15) is 0 Å². The van der Waals surface area contributed by atoms with Crippen molar-refractivity contribution in [2.45, 2.75) is 26.0 Å². The Hall–Kier alpha value is -2.91. The average molecular weight is 415 g/mol. The number of amides is 2. The lowest BCUT2D eigenvalue weighted by Gasteiger charge is -2.15. The van der Waals surface area contributed by atoms with E-state index >= 15 is 0 Å². The predicted octanol–water partition coefficient (Wildman–Crippen LogP) is 2.10. The van der Waals surface area contributed by atoms with E-state index in [1.54, 1.807) is 36.2 Å². The van der Waals surface area contributed by atoms with Crippen molar-refractivity contribution in [1.29, 1.82) is 0 Å². The summed E-state index contributed by atoms with van der Waals surface area (Å²) in [4.78, 5) is 31.0. The molecule has 1 aliphatic rings. The molecular formula is C20H21N3O5S. The molecule has 1 atom stereocenters. The summed E-state index contributed by atoms with van der Waals surface area (Å²) in [6.07, 6.45) is 2.24. The molecule has 2 N–H and O–H groups in total. The number of fused-ring (bicyclic) bond motifs is 1. The van der Waals surface area contributed by atoms with Crippen LogP contribution in [0.25, 0.3) is 11.0 Å². The van der Waals surface area contributed by atoms with Gasteiger partial charge in [0.1, 0.15) is 34.7 Å². The second-order valence-corrected chi connectivity index (χ2v) is 7.75. The quantitative estimate of drug-likeness (QED) is 0.612. The first-order valence-corrected chi connectivity index (χ1v) is 10.2. The maximum Gasteiger partial charge on any atom is 0.256 e. The highest BCUT2D eigenvalue weighted by atomic mass is 32.1. The standard InChI is InChI=1S/C20H21N3O5S/c1-12-18(19(25)22-15-4-6-23(7-8-24)20(15)26)14-10-13(2-3-16(14)28-12)27-11-17-21-5-9-29-17/h2-3,5,9-10,15,24H,4,6-8,11H2,1H3,(H,22,25). The minimum absolute atomic E-state index is 0.0956. The van der Waals surface area contributed by atoms with E-state index in [0.717, 1.165) is 5.01 Å². The zero-order chi connectivity index (χ0) is 20.4. The van der Waals surface area contributed by atoms with E-state index in [2.05, 4.69) is 10.3 Å². The van der Waals surface area contributed by atoms with E-state index in [1.807, 2.05) is 5.38 Å². The Kier molecular flexibility index (Phi) is 5.50. The minimum atomic E-state index is -0.595. The summed E-state index contributed by atoms with van der Waals surface area (Å²) in [5.74, 6) is 0.550. The number of β-amino-alcohol motifs (C(OH)–C–C–N with tert-alkyl or cyclic N) is 1. The number of rotatable bonds is 7. The molecule has 152 valence electrons. The van der Waals surface area contributed by atoms with Crippen molar-refractivity contribution in [3.05, 3.63) is 46.1 Å². The number of likely N-dealkylation sites (tertiary alicyclic amines) is 1. The molecule has 1 aromatic carbocycles. The van der Waals surface area contributed by atoms with Crippen molar-refractivity contribution in [3.8, 4) is 5.75 Å². The third-order valence-electron chi connectivity index (χ3n) is 4.88. The van der Waals surface area contributed by atoms with Gasteiger partial charge in [0, 0.05) is 30.1 Å². The van der Waals surface area contributed by atoms with Gasteiger partial charge in [-0.3, -0.25) is 9.59 Å². The second-order valence-electron chi connectivity index (χ2n) is 6.77. The Morgan fingerprint density at radius 2 is 2.34 bits per heavy atom. The van der Waals surface area contributed by atoms with E-state index in [-0.39, 0.29) is 25.0 Å². The van der Waals surface area contributed by atoms with Crippen molar-refractivity contribution >= 4 is 34.1 Å². The van der Waals surface area contributed by atoms with Gasteiger partial charge in [-0.25, -0.2) is 4.98 Å². The molecule has 3 heterocycles. The highest BCUT2D eigenvalue weighted by Gasteiger charge is 2.33. The molecule has 8 nitrogen and oxygen atoms in total. The van der Waals surface area contributed by atoms with Gasteiger partial charge in [0.15, 0.2) is 0 Å². The zero-order valence-corrected chi connectivity index (χ0v) is 16.7. The Balaban J connectivity index is 1.53. The molecule has 1 unspecified atom stereocenters. The fourth-order valence-corrected chi connectivity index (χ4v) is 4.01. The van der Waals surface area contributed by atoms with Crippen LogP contribution in [0.15, 0.2) is 34.2 Å². The first kappa shape index (κ1) is 19.4. The Morgan fingerprint density at radius 1 is 1.48 bits per heavy atom. The third kappa shape index (κ3) is 3.96. The van der Waals surface area contributed by atoms with Crippen LogP contribution < -0.4 is 10.1 Å². The summed E-state index contributed by atoms with van der Waals surface area (Å²) in [7, 11) is 0. The van der Waals surface area contributed by atoms with E-state index in [4.69, 9.17) is 14.3 Å². The van der Waals surface area contributed by atoms with Crippen LogP contribution in [-0.4, -0.2) is 52.5 Å². The normalized spacial score (nSPS) is 16.6. The molecule has 1 aliphatic heterocycles. The van der Waals surface area contributed by atoms with Gasteiger partial charge in [0.2, 0.25) is 5.91 Å². The summed E-state index contributed by atoms with van der Waals surface area (Å²) < 4.78 is 11.5. The number of aromatic nitrogens is 1. The Morgan fingerprint density at radius 3 is 3.10 bits per heavy atom. The summed E-state index contributed by atoms with van der Waals surface area (Å²) in [6.45, 7) is 2.77. The smallest absolute Gasteiger partial charge is 0.256 e. The molecule has 0 aliphatic carbocycles. The molecule has 2 amide bonds. The first-order chi connectivity index (χ1) is 14.1. The van der Waals surface area contributed by atoms with Gasteiger partial charge in [0.25, 0.3) is 5.91 Å². The van der Waals surface area contributed by atoms with Gasteiger partial charge in [-0.05, 0) is 31.5 Å². The molecule has 9 heteroatoms. The maximum absolute atomic E-state index is 12.9. The SMILES string of the molecule is Cc1oc2ccc(OCc3nccs3)cc2c1C(=O)NC1CCN(CCO)C1=O. The van der Waals surface area contributed by atoms with E-state index in [9.17, 15) is 9.59 Å². The zero-order valence-electron chi connectivity index (χ0n) is 15.9. The number of hydrogen-bond acceptors (Lipinski definition) is 7. The number of aliphatic hydroxyl groups is 1. The average Bonchev–Trinajstić information content (AvgIpc) is 3.41. The fourth-order valence-electron chi connectivity index (χ4n) is 3.49. The van der Waals surface area contributed by atoms with Gasteiger partial charge in [-0.1, -0.05) is 0 Å². The highest BCUT2D eigenvalue weighted by Crippen LogP contribution is 2.30. The van der Waals surface area contributed by atoms with Gasteiger partial charge >= 0.3 is 0 Å². The largest absolute Gasteiger partial charge is 0.486 e. The number of nitrogens with zero attached hydrogens (tertiary/aromatic N) is 2. The van der Waals surface area contributed by atoms with Crippen LogP contribution in [0.2, 0.25) is 0 Å². The predicted molar refractivity (Wildman–Crippen MR) is 107 cm³/mol. The van der Waals surface area contributed by atoms with Crippen molar-refractivity contribution in [3.63, 3.8) is 0 Å². The van der Waals surface area contributed by atoms with Gasteiger partial charge < -0.3 is 24.5 Å². The molecule has 0 saturated carbocycles.